The molecule has 1 aromatic heterocycles. The van der Waals surface area contributed by atoms with Crippen LogP contribution in [0, 0.1) is 5.92 Å². The molecular formula is C18H30N2S. The molecule has 0 bridgehead atoms. The number of thiophene rings is 1. The van der Waals surface area contributed by atoms with Crippen LogP contribution in [0.25, 0.3) is 0 Å². The number of nitrogens with zero attached hydrogens (tertiary/aromatic N) is 1. The first kappa shape index (κ1) is 15.5. The average molecular weight is 307 g/mol. The van der Waals surface area contributed by atoms with Gasteiger partial charge in [0.05, 0.1) is 0 Å². The summed E-state index contributed by atoms with van der Waals surface area (Å²) < 4.78 is 0. The summed E-state index contributed by atoms with van der Waals surface area (Å²) in [5, 5.41) is 8.43. The van der Waals surface area contributed by atoms with Gasteiger partial charge >= 0.3 is 0 Å². The van der Waals surface area contributed by atoms with Crippen LogP contribution in [-0.4, -0.2) is 30.1 Å². The van der Waals surface area contributed by atoms with Gasteiger partial charge in [0.25, 0.3) is 0 Å². The zero-order valence-electron chi connectivity index (χ0n) is 13.6. The summed E-state index contributed by atoms with van der Waals surface area (Å²) in [6.45, 7) is 7.14. The van der Waals surface area contributed by atoms with E-state index >= 15 is 0 Å². The first-order valence-electron chi connectivity index (χ1n) is 8.80. The summed E-state index contributed by atoms with van der Waals surface area (Å²) in [5.74, 6) is 0.911. The highest BCUT2D eigenvalue weighted by Crippen LogP contribution is 2.32. The van der Waals surface area contributed by atoms with Crippen LogP contribution in [0.2, 0.25) is 0 Å². The molecule has 3 unspecified atom stereocenters. The third-order valence-corrected chi connectivity index (χ3v) is 6.41. The van der Waals surface area contributed by atoms with Crippen LogP contribution in [0.4, 0.5) is 0 Å². The summed E-state index contributed by atoms with van der Waals surface area (Å²) in [4.78, 5) is 2.78. The molecule has 1 N–H and O–H groups in total. The van der Waals surface area contributed by atoms with E-state index in [0.29, 0.717) is 18.1 Å². The first-order chi connectivity index (χ1) is 10.3. The third kappa shape index (κ3) is 3.52. The van der Waals surface area contributed by atoms with Gasteiger partial charge in [0.2, 0.25) is 0 Å². The van der Waals surface area contributed by atoms with Crippen LogP contribution < -0.4 is 5.32 Å². The predicted molar refractivity (Wildman–Crippen MR) is 91.9 cm³/mol. The molecule has 2 heterocycles. The maximum atomic E-state index is 3.88. The summed E-state index contributed by atoms with van der Waals surface area (Å²) in [5.41, 5.74) is 1.50. The second-order valence-corrected chi connectivity index (χ2v) is 7.68. The monoisotopic (exact) mass is 306 g/mol. The lowest BCUT2D eigenvalue weighted by Crippen LogP contribution is -2.59. The summed E-state index contributed by atoms with van der Waals surface area (Å²) in [6, 6.07) is 4.28. The Morgan fingerprint density at radius 2 is 2.14 bits per heavy atom. The molecule has 3 heteroatoms. The van der Waals surface area contributed by atoms with Crippen molar-refractivity contribution in [1.29, 1.82) is 0 Å². The lowest BCUT2D eigenvalue weighted by molar-refractivity contribution is 0.0617. The van der Waals surface area contributed by atoms with Crippen LogP contribution in [0.3, 0.4) is 0 Å². The van der Waals surface area contributed by atoms with E-state index in [2.05, 4.69) is 40.9 Å². The Kier molecular flexibility index (Phi) is 5.36. The number of hydrogen-bond acceptors (Lipinski definition) is 3. The molecule has 1 aliphatic carbocycles. The van der Waals surface area contributed by atoms with Crippen molar-refractivity contribution in [1.82, 2.24) is 10.2 Å². The van der Waals surface area contributed by atoms with Crippen LogP contribution in [0.15, 0.2) is 16.8 Å². The summed E-state index contributed by atoms with van der Waals surface area (Å²) in [6.07, 6.45) is 8.47. The Morgan fingerprint density at radius 1 is 1.33 bits per heavy atom. The summed E-state index contributed by atoms with van der Waals surface area (Å²) >= 11 is 1.83. The van der Waals surface area contributed by atoms with E-state index in [0.717, 1.165) is 5.92 Å². The molecule has 1 saturated heterocycles. The Balaban J connectivity index is 1.69. The van der Waals surface area contributed by atoms with Crippen molar-refractivity contribution >= 4 is 11.3 Å². The minimum atomic E-state index is 0.564. The molecule has 3 atom stereocenters. The van der Waals surface area contributed by atoms with Gasteiger partial charge in [-0.05, 0) is 54.5 Å². The highest BCUT2D eigenvalue weighted by molar-refractivity contribution is 7.07. The van der Waals surface area contributed by atoms with Crippen molar-refractivity contribution in [2.24, 2.45) is 5.92 Å². The highest BCUT2D eigenvalue weighted by atomic mass is 32.1. The maximum absolute atomic E-state index is 3.88. The van der Waals surface area contributed by atoms with Gasteiger partial charge in [0.1, 0.15) is 0 Å². The smallest absolute Gasteiger partial charge is 0.0332 e. The van der Waals surface area contributed by atoms with Gasteiger partial charge in [-0.2, -0.15) is 11.3 Å². The van der Waals surface area contributed by atoms with Crippen LogP contribution in [0.5, 0.6) is 0 Å². The Labute approximate surface area is 133 Å². The van der Waals surface area contributed by atoms with Crippen LogP contribution in [-0.2, 0) is 0 Å². The van der Waals surface area contributed by atoms with E-state index in [4.69, 9.17) is 0 Å². The van der Waals surface area contributed by atoms with E-state index in [1.807, 2.05) is 11.3 Å². The Hall–Kier alpha value is -0.380. The minimum absolute atomic E-state index is 0.564. The molecule has 0 amide bonds. The molecular weight excluding hydrogens is 276 g/mol. The van der Waals surface area contributed by atoms with Crippen molar-refractivity contribution in [2.45, 2.75) is 70.5 Å². The molecule has 21 heavy (non-hydrogen) atoms. The molecule has 1 saturated carbocycles. The molecule has 0 spiro atoms. The topological polar surface area (TPSA) is 15.3 Å². The average Bonchev–Trinajstić information content (AvgIpc) is 3.09. The van der Waals surface area contributed by atoms with Crippen molar-refractivity contribution in [3.63, 3.8) is 0 Å². The molecule has 2 nitrogen and oxygen atoms in total. The maximum Gasteiger partial charge on any atom is 0.0332 e. The van der Waals surface area contributed by atoms with E-state index in [1.54, 1.807) is 0 Å². The molecule has 0 radical (unpaired) electrons. The van der Waals surface area contributed by atoms with Crippen molar-refractivity contribution < 1.29 is 0 Å². The van der Waals surface area contributed by atoms with Crippen LogP contribution >= 0.6 is 11.3 Å². The van der Waals surface area contributed by atoms with E-state index < -0.39 is 0 Å². The number of hydrogen-bond donors (Lipinski definition) is 1. The van der Waals surface area contributed by atoms with E-state index in [9.17, 15) is 0 Å². The van der Waals surface area contributed by atoms with E-state index in [1.165, 1.54) is 57.2 Å². The molecule has 118 valence electrons. The minimum Gasteiger partial charge on any atom is -0.311 e. The standard InChI is InChI=1S/C18H30N2S/c1-3-17-11-19-18(15-7-5-4-6-8-15)12-20(17)14(2)16-9-10-21-13-16/h9-10,13-15,17-19H,3-8,11-12H2,1-2H3. The van der Waals surface area contributed by atoms with Crippen molar-refractivity contribution in [3.05, 3.63) is 22.4 Å². The van der Waals surface area contributed by atoms with Gasteiger partial charge in [-0.1, -0.05) is 26.2 Å². The van der Waals surface area contributed by atoms with Gasteiger partial charge in [0, 0.05) is 31.2 Å². The largest absolute Gasteiger partial charge is 0.311 e. The number of piperazine rings is 1. The normalized spacial score (nSPS) is 30.4. The summed E-state index contributed by atoms with van der Waals surface area (Å²) in [7, 11) is 0. The first-order valence-corrected chi connectivity index (χ1v) is 9.75. The molecule has 2 fully saturated rings. The Bertz CT molecular complexity index is 411. The fraction of sp³-hybridized carbons (Fsp3) is 0.778. The lowest BCUT2D eigenvalue weighted by atomic mass is 9.82. The Morgan fingerprint density at radius 3 is 2.81 bits per heavy atom. The second-order valence-electron chi connectivity index (χ2n) is 6.90. The van der Waals surface area contributed by atoms with Gasteiger partial charge in [-0.15, -0.1) is 0 Å². The molecule has 1 aliphatic heterocycles. The fourth-order valence-corrected chi connectivity index (χ4v) is 5.00. The van der Waals surface area contributed by atoms with Crippen LogP contribution in [0.1, 0.15) is 64.0 Å². The van der Waals surface area contributed by atoms with Gasteiger partial charge in [-0.3, -0.25) is 4.90 Å². The zero-order valence-corrected chi connectivity index (χ0v) is 14.4. The van der Waals surface area contributed by atoms with Gasteiger partial charge in [0.15, 0.2) is 0 Å². The molecule has 3 rings (SSSR count). The molecule has 2 aliphatic rings. The molecule has 1 aromatic rings. The fourth-order valence-electron chi connectivity index (χ4n) is 4.26. The lowest BCUT2D eigenvalue weighted by Gasteiger charge is -2.46. The highest BCUT2D eigenvalue weighted by Gasteiger charge is 2.34. The quantitative estimate of drug-likeness (QED) is 0.884. The van der Waals surface area contributed by atoms with Gasteiger partial charge < -0.3 is 5.32 Å². The zero-order chi connectivity index (χ0) is 14.7. The second kappa shape index (κ2) is 7.26. The van der Waals surface area contributed by atoms with Gasteiger partial charge in [-0.25, -0.2) is 0 Å². The van der Waals surface area contributed by atoms with Crippen molar-refractivity contribution in [3.8, 4) is 0 Å². The SMILES string of the molecule is CCC1CNC(C2CCCCC2)CN1C(C)c1ccsc1. The van der Waals surface area contributed by atoms with Crippen molar-refractivity contribution in [2.75, 3.05) is 13.1 Å². The van der Waals surface area contributed by atoms with E-state index in [-0.39, 0.29) is 0 Å². The molecule has 0 aromatic carbocycles. The predicted octanol–water partition coefficient (Wildman–Crippen LogP) is 4.44. The number of rotatable bonds is 4. The number of nitrogens with one attached hydrogen (secondary N) is 1. The third-order valence-electron chi connectivity index (χ3n) is 5.71.